The van der Waals surface area contributed by atoms with Gasteiger partial charge in [-0.1, -0.05) is 237 Å². The Balaban J connectivity index is 0.000000136. The molecule has 19 rings (SSSR count). The summed E-state index contributed by atoms with van der Waals surface area (Å²) in [6.45, 7) is 0. The van der Waals surface area contributed by atoms with E-state index < -0.39 is 0 Å². The van der Waals surface area contributed by atoms with Crippen molar-refractivity contribution in [1.82, 2.24) is 18.3 Å². The highest BCUT2D eigenvalue weighted by atomic mass is 15.0. The minimum Gasteiger partial charge on any atom is -0.309 e. The molecule has 0 fully saturated rings. The number of rotatable bonds is 8. The fourth-order valence-electron chi connectivity index (χ4n) is 14.6. The first-order valence-electron chi connectivity index (χ1n) is 31.6. The monoisotopic (exact) mass is 1170 g/mol. The summed E-state index contributed by atoms with van der Waals surface area (Å²) >= 11 is 0. The molecule has 430 valence electrons. The lowest BCUT2D eigenvalue weighted by Gasteiger charge is -2.12. The van der Waals surface area contributed by atoms with E-state index in [1.54, 1.807) is 0 Å². The van der Waals surface area contributed by atoms with Gasteiger partial charge in [0, 0.05) is 65.5 Å². The summed E-state index contributed by atoms with van der Waals surface area (Å²) in [5.41, 5.74) is 24.2. The van der Waals surface area contributed by atoms with Crippen LogP contribution in [0.3, 0.4) is 0 Å². The predicted molar refractivity (Wildman–Crippen MR) is 389 cm³/mol. The summed E-state index contributed by atoms with van der Waals surface area (Å²) in [5.74, 6) is 0. The van der Waals surface area contributed by atoms with Crippen LogP contribution in [0.15, 0.2) is 352 Å². The maximum Gasteiger partial charge on any atom is 0.0541 e. The van der Waals surface area contributed by atoms with Crippen molar-refractivity contribution in [3.8, 4) is 67.3 Å². The normalized spacial score (nSPS) is 11.7. The third-order valence-corrected chi connectivity index (χ3v) is 18.8. The number of aromatic nitrogens is 4. The molecule has 4 aromatic heterocycles. The van der Waals surface area contributed by atoms with Crippen molar-refractivity contribution in [1.29, 1.82) is 0 Å². The van der Waals surface area contributed by atoms with E-state index in [4.69, 9.17) is 0 Å². The second-order valence-electron chi connectivity index (χ2n) is 24.0. The van der Waals surface area contributed by atoms with Gasteiger partial charge in [0.25, 0.3) is 0 Å². The summed E-state index contributed by atoms with van der Waals surface area (Å²) in [5, 5.41) is 12.6. The van der Waals surface area contributed by atoms with Crippen LogP contribution >= 0.6 is 0 Å². The fourth-order valence-corrected chi connectivity index (χ4v) is 14.6. The zero-order valence-electron chi connectivity index (χ0n) is 50.3. The van der Waals surface area contributed by atoms with Crippen LogP contribution in [0.5, 0.6) is 0 Å². The Morgan fingerprint density at radius 2 is 0.402 bits per heavy atom. The average molecular weight is 1170 g/mol. The van der Waals surface area contributed by atoms with E-state index in [-0.39, 0.29) is 0 Å². The minimum atomic E-state index is 1.16. The number of nitrogens with zero attached hydrogens (tertiary/aromatic N) is 4. The Labute approximate surface area is 532 Å². The van der Waals surface area contributed by atoms with Crippen LogP contribution in [0.25, 0.3) is 165 Å². The van der Waals surface area contributed by atoms with Gasteiger partial charge in [0.05, 0.1) is 49.8 Å². The molecule has 0 amide bonds. The average Bonchev–Trinajstić information content (AvgIpc) is 1.63. The molecule has 0 bridgehead atoms. The second kappa shape index (κ2) is 21.8. The van der Waals surface area contributed by atoms with Crippen LogP contribution in [0.4, 0.5) is 0 Å². The number of fused-ring (bicyclic) bond motifs is 13. The van der Waals surface area contributed by atoms with Gasteiger partial charge >= 0.3 is 0 Å². The predicted octanol–water partition coefficient (Wildman–Crippen LogP) is 23.6. The Morgan fingerprint density at radius 3 is 0.793 bits per heavy atom. The first-order valence-corrected chi connectivity index (χ1v) is 31.6. The molecule has 0 saturated carbocycles. The van der Waals surface area contributed by atoms with Gasteiger partial charge in [-0.15, -0.1) is 0 Å². The highest BCUT2D eigenvalue weighted by Crippen LogP contribution is 2.42. The molecule has 0 radical (unpaired) electrons. The highest BCUT2D eigenvalue weighted by Gasteiger charge is 2.20. The third-order valence-electron chi connectivity index (χ3n) is 18.8. The van der Waals surface area contributed by atoms with E-state index in [1.165, 1.54) is 160 Å². The van der Waals surface area contributed by atoms with Gasteiger partial charge < -0.3 is 18.3 Å². The van der Waals surface area contributed by atoms with Crippen LogP contribution in [-0.4, -0.2) is 18.3 Å². The number of benzene rings is 15. The molecule has 0 N–H and O–H groups in total. The van der Waals surface area contributed by atoms with Crippen molar-refractivity contribution in [2.75, 3.05) is 0 Å². The van der Waals surface area contributed by atoms with E-state index in [9.17, 15) is 0 Å². The standard InChI is InChI=1S/C46H30N2.C42H28N2/c1-2-11-31(12-3-1)32-21-25-36(26-22-32)47-43-18-8-6-16-38(43)40-29-34(23-27-45(40)47)35-24-28-46-41(30-35)39-17-7-9-19-44(39)48(46)42-20-10-14-33-13-4-5-15-37(33)42;1-3-11-29(12-4-1)30-19-23-34(24-20-30)44-40-18-10-8-16-36(40)38-28-32(22-26-42(38)44)31-21-25-41-37(27-31)35-15-7-9-17-39(35)43(41)33-13-5-2-6-14-33/h1-30H;1-28H. The topological polar surface area (TPSA) is 19.7 Å². The molecule has 0 saturated heterocycles. The van der Waals surface area contributed by atoms with E-state index >= 15 is 0 Å². The Bertz CT molecular complexity index is 6020. The molecular formula is C88H58N4. The maximum absolute atomic E-state index is 2.43. The zero-order chi connectivity index (χ0) is 60.6. The molecule has 4 heteroatoms. The van der Waals surface area contributed by atoms with Gasteiger partial charge in [0.15, 0.2) is 0 Å². The molecule has 0 aliphatic carbocycles. The number of para-hydroxylation sites is 5. The molecular weight excluding hydrogens is 1110 g/mol. The molecule has 4 heterocycles. The fraction of sp³-hybridized carbons (Fsp3) is 0. The van der Waals surface area contributed by atoms with Crippen LogP contribution in [-0.2, 0) is 0 Å². The molecule has 4 nitrogen and oxygen atoms in total. The second-order valence-corrected chi connectivity index (χ2v) is 24.0. The van der Waals surface area contributed by atoms with Crippen LogP contribution < -0.4 is 0 Å². The van der Waals surface area contributed by atoms with E-state index in [1.807, 2.05) is 0 Å². The Hall–Kier alpha value is -12.2. The first-order chi connectivity index (χ1) is 45.6. The molecule has 15 aromatic carbocycles. The van der Waals surface area contributed by atoms with Crippen molar-refractivity contribution >= 4 is 98.0 Å². The van der Waals surface area contributed by atoms with Gasteiger partial charge in [-0.3, -0.25) is 0 Å². The molecule has 0 spiro atoms. The third kappa shape index (κ3) is 8.76. The van der Waals surface area contributed by atoms with E-state index in [0.29, 0.717) is 0 Å². The summed E-state index contributed by atoms with van der Waals surface area (Å²) in [4.78, 5) is 0. The summed E-state index contributed by atoms with van der Waals surface area (Å²) < 4.78 is 9.58. The number of hydrogen-bond acceptors (Lipinski definition) is 0. The van der Waals surface area contributed by atoms with Crippen molar-refractivity contribution in [2.24, 2.45) is 0 Å². The van der Waals surface area contributed by atoms with Crippen LogP contribution in [0, 0.1) is 0 Å². The first kappa shape index (κ1) is 52.8. The van der Waals surface area contributed by atoms with Gasteiger partial charge in [-0.2, -0.15) is 0 Å². The molecule has 0 aliphatic heterocycles. The van der Waals surface area contributed by atoms with E-state index in [2.05, 4.69) is 370 Å². The van der Waals surface area contributed by atoms with Gasteiger partial charge in [0.1, 0.15) is 0 Å². The number of hydrogen-bond donors (Lipinski definition) is 0. The van der Waals surface area contributed by atoms with Crippen molar-refractivity contribution in [2.45, 2.75) is 0 Å². The quantitative estimate of drug-likeness (QED) is 0.144. The summed E-state index contributed by atoms with van der Waals surface area (Å²) in [7, 11) is 0. The lowest BCUT2D eigenvalue weighted by atomic mass is 10.0. The lowest BCUT2D eigenvalue weighted by molar-refractivity contribution is 1.18. The maximum atomic E-state index is 2.43. The van der Waals surface area contributed by atoms with E-state index in [0.717, 1.165) is 5.69 Å². The highest BCUT2D eigenvalue weighted by molar-refractivity contribution is 6.15. The van der Waals surface area contributed by atoms with Crippen molar-refractivity contribution < 1.29 is 0 Å². The Kier molecular flexibility index (Phi) is 12.5. The summed E-state index contributed by atoms with van der Waals surface area (Å²) in [6.07, 6.45) is 0. The lowest BCUT2D eigenvalue weighted by Crippen LogP contribution is -1.95. The molecule has 19 aromatic rings. The molecule has 92 heavy (non-hydrogen) atoms. The Morgan fingerprint density at radius 1 is 0.141 bits per heavy atom. The van der Waals surface area contributed by atoms with Crippen molar-refractivity contribution in [3.05, 3.63) is 352 Å². The largest absolute Gasteiger partial charge is 0.309 e. The van der Waals surface area contributed by atoms with Crippen LogP contribution in [0.2, 0.25) is 0 Å². The molecule has 0 aliphatic rings. The van der Waals surface area contributed by atoms with Crippen molar-refractivity contribution in [3.63, 3.8) is 0 Å². The zero-order valence-corrected chi connectivity index (χ0v) is 50.3. The molecule has 0 atom stereocenters. The minimum absolute atomic E-state index is 1.16. The SMILES string of the molecule is c1ccc(-c2ccc(-n3c4ccccc4c4cc(-c5ccc6c(c5)c5ccccc5n6-c5cccc6ccccc56)ccc43)cc2)cc1.c1ccc(-c2ccc(-n3c4ccccc4c4cc(-c5ccc6c(c5)c5ccccc5n6-c5ccccc5)ccc43)cc2)cc1. The van der Waals surface area contributed by atoms with Gasteiger partial charge in [0.2, 0.25) is 0 Å². The molecule has 0 unspecified atom stereocenters. The van der Waals surface area contributed by atoms with Gasteiger partial charge in [-0.05, 0) is 165 Å². The summed E-state index contributed by atoms with van der Waals surface area (Å²) in [6, 6.07) is 128. The van der Waals surface area contributed by atoms with Crippen LogP contribution in [0.1, 0.15) is 0 Å². The smallest absolute Gasteiger partial charge is 0.0541 e. The van der Waals surface area contributed by atoms with Gasteiger partial charge in [-0.25, -0.2) is 0 Å².